The molecule has 0 aliphatic carbocycles. The van der Waals surface area contributed by atoms with Crippen molar-refractivity contribution in [2.24, 2.45) is 5.92 Å². The molecule has 0 aromatic heterocycles. The fourth-order valence-corrected chi connectivity index (χ4v) is 2.77. The van der Waals surface area contributed by atoms with E-state index in [1.165, 1.54) is 0 Å². The summed E-state index contributed by atoms with van der Waals surface area (Å²) >= 11 is 3.33. The van der Waals surface area contributed by atoms with Gasteiger partial charge in [0, 0.05) is 34.9 Å². The summed E-state index contributed by atoms with van der Waals surface area (Å²) in [6.45, 7) is 7.36. The van der Waals surface area contributed by atoms with E-state index >= 15 is 0 Å². The summed E-state index contributed by atoms with van der Waals surface area (Å²) in [5, 5.41) is 3.01. The average molecular weight is 340 g/mol. The lowest BCUT2D eigenvalue weighted by Gasteiger charge is -2.20. The molecule has 0 spiro atoms. The smallest absolute Gasteiger partial charge is 0.251 e. The molecule has 0 bridgehead atoms. The van der Waals surface area contributed by atoms with Gasteiger partial charge in [0.15, 0.2) is 0 Å². The zero-order valence-electron chi connectivity index (χ0n) is 12.0. The highest BCUT2D eigenvalue weighted by molar-refractivity contribution is 9.10. The van der Waals surface area contributed by atoms with Crippen LogP contribution in [-0.2, 0) is 0 Å². The van der Waals surface area contributed by atoms with Crippen molar-refractivity contribution in [2.75, 3.05) is 25.4 Å². The van der Waals surface area contributed by atoms with E-state index in [4.69, 9.17) is 5.73 Å². The Morgan fingerprint density at radius 1 is 1.55 bits per heavy atom. The van der Waals surface area contributed by atoms with Crippen LogP contribution >= 0.6 is 15.9 Å². The minimum absolute atomic E-state index is 0.0489. The molecule has 1 aromatic rings. The van der Waals surface area contributed by atoms with Crippen LogP contribution in [0.4, 0.5) is 5.69 Å². The number of likely N-dealkylation sites (tertiary alicyclic amines) is 1. The number of amides is 1. The standard InChI is InChI=1S/C15H22BrN3O/c1-10(2)19-6-5-11(9-19)8-18-15(20)12-3-4-13(16)14(17)7-12/h3-4,7,10-11H,5-6,8-9,17H2,1-2H3,(H,18,20). The van der Waals surface area contributed by atoms with Gasteiger partial charge in [-0.2, -0.15) is 0 Å². The van der Waals surface area contributed by atoms with Crippen LogP contribution < -0.4 is 11.1 Å². The predicted molar refractivity (Wildman–Crippen MR) is 85.7 cm³/mol. The summed E-state index contributed by atoms with van der Waals surface area (Å²) in [4.78, 5) is 14.5. The quantitative estimate of drug-likeness (QED) is 0.828. The summed E-state index contributed by atoms with van der Waals surface area (Å²) in [5.74, 6) is 0.501. The molecule has 5 heteroatoms. The van der Waals surface area contributed by atoms with Crippen LogP contribution in [0, 0.1) is 5.92 Å². The van der Waals surface area contributed by atoms with Crippen LogP contribution in [0.3, 0.4) is 0 Å². The van der Waals surface area contributed by atoms with Gasteiger partial charge in [0.25, 0.3) is 5.91 Å². The van der Waals surface area contributed by atoms with Crippen molar-refractivity contribution in [1.29, 1.82) is 0 Å². The lowest BCUT2D eigenvalue weighted by Crippen LogP contribution is -2.33. The molecular weight excluding hydrogens is 318 g/mol. The molecule has 0 saturated carbocycles. The number of carbonyl (C=O) groups excluding carboxylic acids is 1. The molecule has 2 rings (SSSR count). The normalized spacial score (nSPS) is 19.5. The Bertz CT molecular complexity index is 490. The molecule has 1 aromatic carbocycles. The van der Waals surface area contributed by atoms with E-state index in [0.717, 1.165) is 30.5 Å². The van der Waals surface area contributed by atoms with Crippen LogP contribution in [0.25, 0.3) is 0 Å². The number of hydrogen-bond acceptors (Lipinski definition) is 3. The van der Waals surface area contributed by atoms with E-state index in [9.17, 15) is 4.79 Å². The highest BCUT2D eigenvalue weighted by atomic mass is 79.9. The first-order valence-corrected chi connectivity index (χ1v) is 7.84. The van der Waals surface area contributed by atoms with Gasteiger partial charge in [0.2, 0.25) is 0 Å². The maximum absolute atomic E-state index is 12.1. The number of halogens is 1. The number of benzene rings is 1. The number of nitrogen functional groups attached to an aromatic ring is 1. The molecule has 0 radical (unpaired) electrons. The molecule has 110 valence electrons. The number of rotatable bonds is 4. The Kier molecular flexibility index (Phi) is 5.05. The van der Waals surface area contributed by atoms with Crippen LogP contribution in [0.15, 0.2) is 22.7 Å². The summed E-state index contributed by atoms with van der Waals surface area (Å²) in [6, 6.07) is 5.88. The fourth-order valence-electron chi connectivity index (χ4n) is 2.52. The molecule has 1 saturated heterocycles. The van der Waals surface area contributed by atoms with Crippen LogP contribution in [0.2, 0.25) is 0 Å². The largest absolute Gasteiger partial charge is 0.398 e. The topological polar surface area (TPSA) is 58.4 Å². The molecule has 1 unspecified atom stereocenters. The molecule has 1 atom stereocenters. The Labute approximate surface area is 128 Å². The van der Waals surface area contributed by atoms with Crippen molar-refractivity contribution in [3.05, 3.63) is 28.2 Å². The second kappa shape index (κ2) is 6.59. The monoisotopic (exact) mass is 339 g/mol. The average Bonchev–Trinajstić information content (AvgIpc) is 2.88. The van der Waals surface area contributed by atoms with Crippen molar-refractivity contribution >= 4 is 27.5 Å². The first kappa shape index (κ1) is 15.3. The molecule has 1 aliphatic heterocycles. The summed E-state index contributed by atoms with van der Waals surface area (Å²) in [6.07, 6.45) is 1.15. The van der Waals surface area contributed by atoms with E-state index in [0.29, 0.717) is 23.2 Å². The highest BCUT2D eigenvalue weighted by Gasteiger charge is 2.24. The van der Waals surface area contributed by atoms with Gasteiger partial charge in [-0.3, -0.25) is 4.79 Å². The van der Waals surface area contributed by atoms with Crippen LogP contribution in [0.1, 0.15) is 30.6 Å². The summed E-state index contributed by atoms with van der Waals surface area (Å²) in [5.41, 5.74) is 7.00. The molecule has 1 heterocycles. The van der Waals surface area contributed by atoms with Crippen LogP contribution in [-0.4, -0.2) is 36.5 Å². The number of anilines is 1. The van der Waals surface area contributed by atoms with E-state index in [1.807, 2.05) is 0 Å². The van der Waals surface area contributed by atoms with Crippen molar-refractivity contribution in [2.45, 2.75) is 26.3 Å². The number of nitrogens with zero attached hydrogens (tertiary/aromatic N) is 1. The SMILES string of the molecule is CC(C)N1CCC(CNC(=O)c2ccc(Br)c(N)c2)C1. The number of nitrogens with one attached hydrogen (secondary N) is 1. The van der Waals surface area contributed by atoms with Crippen molar-refractivity contribution in [1.82, 2.24) is 10.2 Å². The van der Waals surface area contributed by atoms with Crippen LogP contribution in [0.5, 0.6) is 0 Å². The Hall–Kier alpha value is -1.07. The third-order valence-corrected chi connectivity index (χ3v) is 4.58. The molecular formula is C15H22BrN3O. The van der Waals surface area contributed by atoms with Gasteiger partial charge < -0.3 is 16.0 Å². The fraction of sp³-hybridized carbons (Fsp3) is 0.533. The number of hydrogen-bond donors (Lipinski definition) is 2. The van der Waals surface area contributed by atoms with Crippen molar-refractivity contribution < 1.29 is 4.79 Å². The Morgan fingerprint density at radius 2 is 2.30 bits per heavy atom. The Morgan fingerprint density at radius 3 is 2.90 bits per heavy atom. The van der Waals surface area contributed by atoms with Gasteiger partial charge in [0.05, 0.1) is 0 Å². The minimum atomic E-state index is -0.0489. The zero-order chi connectivity index (χ0) is 14.7. The van der Waals surface area contributed by atoms with E-state index in [1.54, 1.807) is 18.2 Å². The second-order valence-corrected chi connectivity index (χ2v) is 6.54. The number of carbonyl (C=O) groups is 1. The maximum atomic E-state index is 12.1. The van der Waals surface area contributed by atoms with Gasteiger partial charge in [-0.1, -0.05) is 0 Å². The molecule has 20 heavy (non-hydrogen) atoms. The minimum Gasteiger partial charge on any atom is -0.398 e. The highest BCUT2D eigenvalue weighted by Crippen LogP contribution is 2.21. The van der Waals surface area contributed by atoms with Gasteiger partial charge in [-0.05, 0) is 66.9 Å². The Balaban J connectivity index is 1.85. The molecule has 1 fully saturated rings. The van der Waals surface area contributed by atoms with Gasteiger partial charge in [-0.15, -0.1) is 0 Å². The third-order valence-electron chi connectivity index (χ3n) is 3.86. The second-order valence-electron chi connectivity index (χ2n) is 5.69. The van der Waals surface area contributed by atoms with E-state index in [2.05, 4.69) is 40.0 Å². The van der Waals surface area contributed by atoms with Gasteiger partial charge >= 0.3 is 0 Å². The molecule has 4 nitrogen and oxygen atoms in total. The lowest BCUT2D eigenvalue weighted by molar-refractivity contribution is 0.0947. The number of nitrogens with two attached hydrogens (primary N) is 1. The van der Waals surface area contributed by atoms with E-state index in [-0.39, 0.29) is 5.91 Å². The third kappa shape index (κ3) is 3.73. The first-order chi connectivity index (χ1) is 9.47. The van der Waals surface area contributed by atoms with Crippen molar-refractivity contribution in [3.8, 4) is 0 Å². The molecule has 1 aliphatic rings. The predicted octanol–water partition coefficient (Wildman–Crippen LogP) is 2.49. The molecule has 3 N–H and O–H groups in total. The van der Waals surface area contributed by atoms with E-state index < -0.39 is 0 Å². The maximum Gasteiger partial charge on any atom is 0.251 e. The lowest BCUT2D eigenvalue weighted by atomic mass is 10.1. The van der Waals surface area contributed by atoms with Gasteiger partial charge in [-0.25, -0.2) is 0 Å². The first-order valence-electron chi connectivity index (χ1n) is 7.04. The van der Waals surface area contributed by atoms with Crippen molar-refractivity contribution in [3.63, 3.8) is 0 Å². The summed E-state index contributed by atoms with van der Waals surface area (Å²) in [7, 11) is 0. The summed E-state index contributed by atoms with van der Waals surface area (Å²) < 4.78 is 0.817. The molecule has 1 amide bonds. The zero-order valence-corrected chi connectivity index (χ0v) is 13.6. The van der Waals surface area contributed by atoms with Gasteiger partial charge in [0.1, 0.15) is 0 Å².